The van der Waals surface area contributed by atoms with Crippen LogP contribution in [-0.2, 0) is 4.43 Å². The fourth-order valence-corrected chi connectivity index (χ4v) is 0.829. The number of rotatable bonds is 4. The van der Waals surface area contributed by atoms with Gasteiger partial charge in [-0.15, -0.1) is 0 Å². The Morgan fingerprint density at radius 2 is 2.57 bits per heavy atom. The van der Waals surface area contributed by atoms with Crippen molar-refractivity contribution < 1.29 is 4.43 Å². The highest BCUT2D eigenvalue weighted by Crippen LogP contribution is 1.51. The van der Waals surface area contributed by atoms with Crippen LogP contribution in [-0.4, -0.2) is 30.1 Å². The Balaban J connectivity index is 2.45. The van der Waals surface area contributed by atoms with Gasteiger partial charge in [0.15, 0.2) is 0 Å². The Bertz CT molecular complexity index is 32.1. The van der Waals surface area contributed by atoms with E-state index in [9.17, 15) is 0 Å². The molecule has 4 heteroatoms. The third-order valence-corrected chi connectivity index (χ3v) is 1.41. The SMILES string of the molecule is CO[SiH2]NCCN. The normalized spacial score (nSPS) is 11.1. The third-order valence-electron chi connectivity index (χ3n) is 0.568. The minimum atomic E-state index is -0.419. The van der Waals surface area contributed by atoms with Crippen LogP contribution < -0.4 is 10.7 Å². The first-order valence-electron chi connectivity index (χ1n) is 2.31. The van der Waals surface area contributed by atoms with Gasteiger partial charge in [-0.2, -0.15) is 0 Å². The lowest BCUT2D eigenvalue weighted by atomic mass is 10.7. The van der Waals surface area contributed by atoms with Crippen molar-refractivity contribution in [1.82, 2.24) is 4.98 Å². The molecule has 44 valence electrons. The molecular formula is C3H12N2OSi. The molecule has 0 heterocycles. The largest absolute Gasteiger partial charge is 0.412 e. The van der Waals surface area contributed by atoms with Crippen LogP contribution in [0.1, 0.15) is 0 Å². The molecule has 0 atom stereocenters. The van der Waals surface area contributed by atoms with E-state index < -0.39 is 9.92 Å². The molecule has 0 saturated carbocycles. The highest BCUT2D eigenvalue weighted by Gasteiger charge is 1.78. The van der Waals surface area contributed by atoms with Gasteiger partial charge in [0.2, 0.25) is 9.92 Å². The first-order chi connectivity index (χ1) is 3.41. The van der Waals surface area contributed by atoms with Gasteiger partial charge in [-0.25, -0.2) is 0 Å². The van der Waals surface area contributed by atoms with Crippen LogP contribution >= 0.6 is 0 Å². The van der Waals surface area contributed by atoms with E-state index in [1.165, 1.54) is 0 Å². The van der Waals surface area contributed by atoms with Gasteiger partial charge >= 0.3 is 0 Å². The highest BCUT2D eigenvalue weighted by molar-refractivity contribution is 6.23. The third kappa shape index (κ3) is 6.10. The summed E-state index contributed by atoms with van der Waals surface area (Å²) in [6, 6.07) is 0. The molecule has 3 nitrogen and oxygen atoms in total. The van der Waals surface area contributed by atoms with Gasteiger partial charge in [-0.1, -0.05) is 0 Å². The van der Waals surface area contributed by atoms with Crippen LogP contribution in [0.5, 0.6) is 0 Å². The van der Waals surface area contributed by atoms with Gasteiger partial charge in [-0.3, -0.25) is 0 Å². The minimum absolute atomic E-state index is 0.419. The molecule has 7 heavy (non-hydrogen) atoms. The lowest BCUT2D eigenvalue weighted by Gasteiger charge is -1.96. The van der Waals surface area contributed by atoms with Crippen LogP contribution in [0.15, 0.2) is 0 Å². The molecule has 0 aromatic rings. The van der Waals surface area contributed by atoms with Crippen LogP contribution in [0.4, 0.5) is 0 Å². The zero-order chi connectivity index (χ0) is 5.54. The number of hydrogen-bond donors (Lipinski definition) is 2. The molecular weight excluding hydrogens is 108 g/mol. The van der Waals surface area contributed by atoms with E-state index in [0.717, 1.165) is 6.54 Å². The predicted molar refractivity (Wildman–Crippen MR) is 32.6 cm³/mol. The average Bonchev–Trinajstić information content (AvgIpc) is 1.69. The predicted octanol–water partition coefficient (Wildman–Crippen LogP) is -1.82. The molecule has 0 rings (SSSR count). The molecule has 0 unspecified atom stereocenters. The van der Waals surface area contributed by atoms with E-state index in [1.807, 2.05) is 0 Å². The summed E-state index contributed by atoms with van der Waals surface area (Å²) in [4.78, 5) is 3.08. The van der Waals surface area contributed by atoms with E-state index in [4.69, 9.17) is 10.2 Å². The second-order valence-electron chi connectivity index (χ2n) is 1.22. The smallest absolute Gasteiger partial charge is 0.235 e. The molecule has 0 aliphatic carbocycles. The maximum Gasteiger partial charge on any atom is 0.235 e. The summed E-state index contributed by atoms with van der Waals surface area (Å²) in [5.41, 5.74) is 5.17. The van der Waals surface area contributed by atoms with Crippen LogP contribution in [0.3, 0.4) is 0 Å². The second-order valence-corrected chi connectivity index (χ2v) is 2.59. The molecule has 0 aliphatic rings. The molecule has 0 amide bonds. The van der Waals surface area contributed by atoms with Crippen LogP contribution in [0, 0.1) is 0 Å². The van der Waals surface area contributed by atoms with Crippen molar-refractivity contribution in [3.8, 4) is 0 Å². The number of nitrogens with two attached hydrogens (primary N) is 1. The van der Waals surface area contributed by atoms with Crippen molar-refractivity contribution in [2.24, 2.45) is 5.73 Å². The lowest BCUT2D eigenvalue weighted by molar-refractivity contribution is 0.431. The molecule has 3 N–H and O–H groups in total. The topological polar surface area (TPSA) is 47.3 Å². The molecule has 0 fully saturated rings. The average molecular weight is 120 g/mol. The van der Waals surface area contributed by atoms with E-state index >= 15 is 0 Å². The van der Waals surface area contributed by atoms with Crippen LogP contribution in [0.2, 0.25) is 0 Å². The highest BCUT2D eigenvalue weighted by atomic mass is 28.2. The first-order valence-corrected chi connectivity index (χ1v) is 3.60. The standard InChI is InChI=1S/C3H12N2OSi/c1-6-7-5-3-2-4/h5H,2-4,7H2,1H3. The lowest BCUT2D eigenvalue weighted by Crippen LogP contribution is -2.27. The fraction of sp³-hybridized carbons (Fsp3) is 1.00. The van der Waals surface area contributed by atoms with E-state index in [0.29, 0.717) is 6.54 Å². The first kappa shape index (κ1) is 7.10. The molecule has 0 spiro atoms. The van der Waals surface area contributed by atoms with Crippen molar-refractivity contribution in [2.45, 2.75) is 0 Å². The quantitative estimate of drug-likeness (QED) is 0.339. The summed E-state index contributed by atoms with van der Waals surface area (Å²) in [7, 11) is 1.28. The van der Waals surface area contributed by atoms with Gasteiger partial charge in [0.25, 0.3) is 0 Å². The molecule has 0 aromatic heterocycles. The van der Waals surface area contributed by atoms with E-state index in [1.54, 1.807) is 7.11 Å². The van der Waals surface area contributed by atoms with Gasteiger partial charge in [0.05, 0.1) is 0 Å². The summed E-state index contributed by atoms with van der Waals surface area (Å²) in [5.74, 6) is 0. The fourth-order valence-electron chi connectivity index (χ4n) is 0.276. The summed E-state index contributed by atoms with van der Waals surface area (Å²) in [5, 5.41) is 0. The van der Waals surface area contributed by atoms with Crippen molar-refractivity contribution in [3.63, 3.8) is 0 Å². The number of hydrogen-bond acceptors (Lipinski definition) is 3. The summed E-state index contributed by atoms with van der Waals surface area (Å²) >= 11 is 0. The Labute approximate surface area is 46.3 Å². The summed E-state index contributed by atoms with van der Waals surface area (Å²) < 4.78 is 4.82. The maximum atomic E-state index is 5.17. The Morgan fingerprint density at radius 1 is 1.86 bits per heavy atom. The Morgan fingerprint density at radius 3 is 3.00 bits per heavy atom. The molecule has 0 saturated heterocycles. The van der Waals surface area contributed by atoms with Gasteiger partial charge in [-0.05, 0) is 0 Å². The molecule has 0 bridgehead atoms. The van der Waals surface area contributed by atoms with E-state index in [-0.39, 0.29) is 0 Å². The Hall–Kier alpha value is 0.0969. The van der Waals surface area contributed by atoms with Crippen molar-refractivity contribution in [3.05, 3.63) is 0 Å². The summed E-state index contributed by atoms with van der Waals surface area (Å²) in [6.45, 7) is 1.59. The molecule has 0 aliphatic heterocycles. The van der Waals surface area contributed by atoms with E-state index in [2.05, 4.69) is 4.98 Å². The maximum absolute atomic E-state index is 5.17. The zero-order valence-electron chi connectivity index (χ0n) is 4.61. The van der Waals surface area contributed by atoms with Gasteiger partial charge in [0, 0.05) is 20.2 Å². The summed E-state index contributed by atoms with van der Waals surface area (Å²) in [6.07, 6.45) is 0. The van der Waals surface area contributed by atoms with Crippen LogP contribution in [0.25, 0.3) is 0 Å². The molecule has 0 radical (unpaired) electrons. The molecule has 0 aromatic carbocycles. The van der Waals surface area contributed by atoms with Crippen molar-refractivity contribution in [2.75, 3.05) is 20.2 Å². The number of nitrogens with one attached hydrogen (secondary N) is 1. The van der Waals surface area contributed by atoms with Gasteiger partial charge in [0.1, 0.15) is 0 Å². The monoisotopic (exact) mass is 120 g/mol. The van der Waals surface area contributed by atoms with Crippen molar-refractivity contribution in [1.29, 1.82) is 0 Å². The van der Waals surface area contributed by atoms with Gasteiger partial charge < -0.3 is 15.1 Å². The zero-order valence-corrected chi connectivity index (χ0v) is 6.02. The Kier molecular flexibility index (Phi) is 6.18. The second kappa shape index (κ2) is 6.10. The minimum Gasteiger partial charge on any atom is -0.412 e. The van der Waals surface area contributed by atoms with Crippen molar-refractivity contribution >= 4 is 9.92 Å².